The van der Waals surface area contributed by atoms with Crippen molar-refractivity contribution in [3.63, 3.8) is 0 Å². The van der Waals surface area contributed by atoms with Crippen LogP contribution in [0, 0.1) is 0 Å². The van der Waals surface area contributed by atoms with Crippen molar-refractivity contribution in [1.82, 2.24) is 9.55 Å². The molecule has 0 spiro atoms. The van der Waals surface area contributed by atoms with Gasteiger partial charge in [-0.3, -0.25) is 14.8 Å². The highest BCUT2D eigenvalue weighted by Gasteiger charge is 2.20. The van der Waals surface area contributed by atoms with Crippen LogP contribution in [0.1, 0.15) is 18.7 Å². The number of hydrogen-bond donors (Lipinski definition) is 1. The van der Waals surface area contributed by atoms with Crippen LogP contribution in [0.4, 0.5) is 5.69 Å². The van der Waals surface area contributed by atoms with Gasteiger partial charge in [0.25, 0.3) is 5.56 Å². The number of fused-ring (bicyclic) bond motifs is 3. The number of hydrogen-bond acceptors (Lipinski definition) is 4. The highest BCUT2D eigenvalue weighted by atomic mass is 16.1. The van der Waals surface area contributed by atoms with E-state index in [4.69, 9.17) is 4.98 Å². The molecule has 5 rings (SSSR count). The van der Waals surface area contributed by atoms with E-state index in [0.29, 0.717) is 23.3 Å². The maximum absolute atomic E-state index is 12.8. The van der Waals surface area contributed by atoms with E-state index in [1.54, 1.807) is 4.57 Å². The number of nitrogens with zero attached hydrogens (tertiary/aromatic N) is 3. The van der Waals surface area contributed by atoms with E-state index in [9.17, 15) is 4.79 Å². The normalized spacial score (nSPS) is 15.2. The van der Waals surface area contributed by atoms with Crippen LogP contribution in [-0.2, 0) is 6.54 Å². The Bertz CT molecular complexity index is 1260. The molecule has 0 amide bonds. The number of rotatable bonds is 2. The Labute approximate surface area is 156 Å². The molecule has 0 bridgehead atoms. The summed E-state index contributed by atoms with van der Waals surface area (Å²) in [6, 6.07) is 21.9. The third kappa shape index (κ3) is 2.77. The summed E-state index contributed by atoms with van der Waals surface area (Å²) in [5.41, 5.74) is 5.61. The summed E-state index contributed by atoms with van der Waals surface area (Å²) in [6.45, 7) is 0.682. The summed E-state index contributed by atoms with van der Waals surface area (Å²) in [5.74, 6) is 0.665. The van der Waals surface area contributed by atoms with Crippen LogP contribution in [0.2, 0.25) is 0 Å². The molecule has 4 aromatic rings. The number of benzene rings is 3. The van der Waals surface area contributed by atoms with Crippen molar-refractivity contribution in [2.75, 3.05) is 5.43 Å². The Balaban J connectivity index is 1.55. The number of nitrogens with one attached hydrogen (secondary N) is 1. The van der Waals surface area contributed by atoms with Gasteiger partial charge in [0, 0.05) is 6.54 Å². The second-order valence-electron chi connectivity index (χ2n) is 6.75. The second-order valence-corrected chi connectivity index (χ2v) is 6.75. The molecule has 5 nitrogen and oxygen atoms in total. The number of para-hydroxylation sites is 1. The zero-order valence-electron chi connectivity index (χ0n) is 14.7. The van der Waals surface area contributed by atoms with Crippen LogP contribution in [-0.4, -0.2) is 15.3 Å². The van der Waals surface area contributed by atoms with Gasteiger partial charge in [0.2, 0.25) is 0 Å². The van der Waals surface area contributed by atoms with Gasteiger partial charge < -0.3 is 0 Å². The smallest absolute Gasteiger partial charge is 0.261 e. The third-order valence-electron chi connectivity index (χ3n) is 4.98. The Morgan fingerprint density at radius 2 is 1.78 bits per heavy atom. The highest BCUT2D eigenvalue weighted by Crippen LogP contribution is 2.20. The summed E-state index contributed by atoms with van der Waals surface area (Å²) < 4.78 is 1.74. The van der Waals surface area contributed by atoms with E-state index in [0.717, 1.165) is 29.6 Å². The van der Waals surface area contributed by atoms with Gasteiger partial charge in [0.1, 0.15) is 5.71 Å². The van der Waals surface area contributed by atoms with Crippen LogP contribution in [0.15, 0.2) is 76.6 Å². The predicted octanol–water partition coefficient (Wildman–Crippen LogP) is 4.16. The predicted molar refractivity (Wildman–Crippen MR) is 109 cm³/mol. The fraction of sp³-hybridized carbons (Fsp3) is 0.136. The lowest BCUT2D eigenvalue weighted by atomic mass is 10.1. The Morgan fingerprint density at radius 1 is 0.963 bits per heavy atom. The summed E-state index contributed by atoms with van der Waals surface area (Å²) in [4.78, 5) is 17.5. The molecule has 0 radical (unpaired) electrons. The van der Waals surface area contributed by atoms with Gasteiger partial charge in [-0.15, -0.1) is 0 Å². The molecule has 5 heteroatoms. The van der Waals surface area contributed by atoms with Crippen molar-refractivity contribution >= 4 is 33.1 Å². The maximum atomic E-state index is 12.8. The summed E-state index contributed by atoms with van der Waals surface area (Å²) in [5, 5.41) is 7.60. The van der Waals surface area contributed by atoms with Crippen LogP contribution in [0.5, 0.6) is 0 Å². The van der Waals surface area contributed by atoms with E-state index in [-0.39, 0.29) is 5.56 Å². The van der Waals surface area contributed by atoms with Crippen molar-refractivity contribution in [3.8, 4) is 0 Å². The maximum Gasteiger partial charge on any atom is 0.261 e. The Hall–Kier alpha value is -3.47. The SMILES string of the molecule is O=c1c2ccccc2nc2n1CCC/C2=N/Nc1ccc2ccccc2c1. The quantitative estimate of drug-likeness (QED) is 0.550. The lowest BCUT2D eigenvalue weighted by Crippen LogP contribution is -2.32. The zero-order chi connectivity index (χ0) is 18.2. The molecule has 1 N–H and O–H groups in total. The first kappa shape index (κ1) is 15.8. The first-order valence-electron chi connectivity index (χ1n) is 9.11. The number of anilines is 1. The molecule has 0 fully saturated rings. The average Bonchev–Trinajstić information content (AvgIpc) is 2.72. The molecule has 0 saturated carbocycles. The summed E-state index contributed by atoms with van der Waals surface area (Å²) in [7, 11) is 0. The standard InChI is InChI=1S/C22H18N4O/c27-22-18-8-3-4-9-19(18)23-21-20(10-5-13-26(21)22)25-24-17-12-11-15-6-1-2-7-16(15)14-17/h1-4,6-9,11-12,14,24H,5,10,13H2/b25-20-. The fourth-order valence-corrected chi connectivity index (χ4v) is 3.61. The van der Waals surface area contributed by atoms with Gasteiger partial charge in [-0.25, -0.2) is 4.98 Å². The van der Waals surface area contributed by atoms with Gasteiger partial charge in [0.15, 0.2) is 5.82 Å². The minimum Gasteiger partial charge on any atom is -0.291 e. The van der Waals surface area contributed by atoms with E-state index >= 15 is 0 Å². The van der Waals surface area contributed by atoms with Gasteiger partial charge >= 0.3 is 0 Å². The molecule has 1 aromatic heterocycles. The topological polar surface area (TPSA) is 59.3 Å². The van der Waals surface area contributed by atoms with E-state index in [2.05, 4.69) is 34.8 Å². The molecule has 3 aromatic carbocycles. The van der Waals surface area contributed by atoms with Crippen molar-refractivity contribution in [2.24, 2.45) is 5.10 Å². The van der Waals surface area contributed by atoms with Crippen molar-refractivity contribution in [2.45, 2.75) is 19.4 Å². The van der Waals surface area contributed by atoms with Gasteiger partial charge in [-0.2, -0.15) is 5.10 Å². The molecule has 132 valence electrons. The molecule has 0 atom stereocenters. The van der Waals surface area contributed by atoms with Crippen molar-refractivity contribution < 1.29 is 0 Å². The highest BCUT2D eigenvalue weighted by molar-refractivity contribution is 6.00. The third-order valence-corrected chi connectivity index (χ3v) is 4.98. The summed E-state index contributed by atoms with van der Waals surface area (Å²) >= 11 is 0. The second kappa shape index (κ2) is 6.36. The van der Waals surface area contributed by atoms with Gasteiger partial charge in [-0.1, -0.05) is 42.5 Å². The summed E-state index contributed by atoms with van der Waals surface area (Å²) in [6.07, 6.45) is 1.68. The first-order chi connectivity index (χ1) is 13.3. The van der Waals surface area contributed by atoms with Gasteiger partial charge in [-0.05, 0) is 47.9 Å². The van der Waals surface area contributed by atoms with E-state index in [1.165, 1.54) is 5.39 Å². The lowest BCUT2D eigenvalue weighted by molar-refractivity contribution is 0.597. The minimum atomic E-state index is 0.00806. The molecular formula is C22H18N4O. The fourth-order valence-electron chi connectivity index (χ4n) is 3.61. The Morgan fingerprint density at radius 3 is 2.70 bits per heavy atom. The molecule has 0 saturated heterocycles. The molecule has 2 heterocycles. The monoisotopic (exact) mass is 354 g/mol. The molecule has 1 aliphatic rings. The van der Waals surface area contributed by atoms with E-state index < -0.39 is 0 Å². The van der Waals surface area contributed by atoms with Crippen molar-refractivity contribution in [3.05, 3.63) is 82.9 Å². The zero-order valence-corrected chi connectivity index (χ0v) is 14.7. The van der Waals surface area contributed by atoms with E-state index in [1.807, 2.05) is 42.5 Å². The van der Waals surface area contributed by atoms with Gasteiger partial charge in [0.05, 0.1) is 16.6 Å². The number of aromatic nitrogens is 2. The van der Waals surface area contributed by atoms with Crippen LogP contribution < -0.4 is 11.0 Å². The van der Waals surface area contributed by atoms with Crippen LogP contribution in [0.3, 0.4) is 0 Å². The molecule has 27 heavy (non-hydrogen) atoms. The average molecular weight is 354 g/mol. The minimum absolute atomic E-state index is 0.00806. The number of hydrazone groups is 1. The molecular weight excluding hydrogens is 336 g/mol. The molecule has 0 aliphatic carbocycles. The first-order valence-corrected chi connectivity index (χ1v) is 9.11. The molecule has 0 unspecified atom stereocenters. The Kier molecular flexibility index (Phi) is 3.71. The van der Waals surface area contributed by atoms with Crippen molar-refractivity contribution in [1.29, 1.82) is 0 Å². The molecule has 1 aliphatic heterocycles. The largest absolute Gasteiger partial charge is 0.291 e. The van der Waals surface area contributed by atoms with Crippen LogP contribution in [0.25, 0.3) is 21.7 Å². The van der Waals surface area contributed by atoms with Crippen LogP contribution >= 0.6 is 0 Å². The lowest BCUT2D eigenvalue weighted by Gasteiger charge is -2.19.